The van der Waals surface area contributed by atoms with Crippen molar-refractivity contribution in [2.45, 2.75) is 113 Å². The third-order valence-electron chi connectivity index (χ3n) is 22.7. The molecule has 5 N–H and O–H groups in total. The van der Waals surface area contributed by atoms with E-state index in [-0.39, 0.29) is 137 Å². The number of benzene rings is 8. The van der Waals surface area contributed by atoms with E-state index >= 15 is 4.57 Å². The van der Waals surface area contributed by atoms with Crippen LogP contribution in [0.15, 0.2) is 228 Å². The Hall–Kier alpha value is -13.8. The molecule has 34 heteroatoms. The molecular weight excluding hydrogens is 1660 g/mol. The van der Waals surface area contributed by atoms with Crippen molar-refractivity contribution in [3.8, 4) is 33.8 Å². The van der Waals surface area contributed by atoms with Crippen molar-refractivity contribution in [1.82, 2.24) is 44.6 Å². The van der Waals surface area contributed by atoms with Crippen molar-refractivity contribution in [2.24, 2.45) is 0 Å². The molecule has 5 heterocycles. The van der Waals surface area contributed by atoms with Crippen LogP contribution >= 0.6 is 7.82 Å². The number of ether oxygens (including phenoxy) is 8. The second kappa shape index (κ2) is 40.6. The van der Waals surface area contributed by atoms with Crippen molar-refractivity contribution < 1.29 is 89.6 Å². The number of phosphoric ester groups is 1. The van der Waals surface area contributed by atoms with Crippen molar-refractivity contribution in [3.63, 3.8) is 0 Å². The van der Waals surface area contributed by atoms with Crippen molar-refractivity contribution in [2.75, 3.05) is 84.6 Å². The molecule has 7 atom stereocenters. The Morgan fingerprint density at radius 1 is 0.609 bits per heavy atom. The van der Waals surface area contributed by atoms with Crippen LogP contribution in [0.5, 0.6) is 11.5 Å². The number of carbonyl (C=O) groups excluding carboxylic acids is 7. The van der Waals surface area contributed by atoms with E-state index < -0.39 is 111 Å². The van der Waals surface area contributed by atoms with Crippen LogP contribution in [0.25, 0.3) is 38.3 Å². The Morgan fingerprint density at radius 3 is 1.77 bits per heavy atom. The number of ketones is 1. The van der Waals surface area contributed by atoms with Gasteiger partial charge in [0.25, 0.3) is 11.5 Å². The highest BCUT2D eigenvalue weighted by atomic mass is 31.2. The summed E-state index contributed by atoms with van der Waals surface area (Å²) in [7, 11) is -0.389. The SMILES string of the molecule is [C-]#[N+]CCOP(=O)(OC[C@H]1O[C@@H](n2ccc(NC(=O)CCCN(C)C(=O)OCC3c4ccccc4-c4ccccc43)nc2=O)C[C@H]1OC(=O)CCC(C)=O)O[C@@H]1C[C@H](n2cnc3c(=O)[nH]c(NC(=O)CCNC(=O)c4ccc(CNC(=O)OCC5c6ccccc6-c6ccccc65)cc4)nc32)O[C@@H]1COC(c1ccccc1)(c1ccc(OC)cc1)c1ccc(OC)cc1. The molecule has 4 aliphatic rings. The number of amides is 5. The Bertz CT molecular complexity index is 5970. The summed E-state index contributed by atoms with van der Waals surface area (Å²) in [6.45, 7) is 7.45. The fourth-order valence-corrected chi connectivity index (χ4v) is 17.6. The van der Waals surface area contributed by atoms with Crippen LogP contribution in [0, 0.1) is 6.57 Å². The summed E-state index contributed by atoms with van der Waals surface area (Å²) < 4.78 is 86.4. The lowest BCUT2D eigenvalue weighted by molar-refractivity contribution is -0.153. The van der Waals surface area contributed by atoms with Gasteiger partial charge in [0, 0.05) is 82.4 Å². The summed E-state index contributed by atoms with van der Waals surface area (Å²) in [5, 5.41) is 10.7. The minimum Gasteiger partial charge on any atom is -0.497 e. The van der Waals surface area contributed by atoms with Crippen molar-refractivity contribution >= 4 is 72.4 Å². The quantitative estimate of drug-likeness (QED) is 0.00599. The number of carbonyl (C=O) groups is 7. The van der Waals surface area contributed by atoms with E-state index in [4.69, 9.17) is 58.0 Å². The topological polar surface area (TPSA) is 392 Å². The summed E-state index contributed by atoms with van der Waals surface area (Å²) in [5.74, 6) is -2.30. The second-order valence-corrected chi connectivity index (χ2v) is 32.5. The number of rotatable bonds is 38. The molecule has 0 radical (unpaired) electrons. The number of H-pyrrole nitrogens is 1. The number of anilines is 2. The molecule has 8 aromatic carbocycles. The number of nitrogens with zero attached hydrogens (tertiary/aromatic N) is 7. The molecule has 5 amide bonds. The van der Waals surface area contributed by atoms with Crippen LogP contribution in [0.2, 0.25) is 0 Å². The van der Waals surface area contributed by atoms with Gasteiger partial charge in [0.15, 0.2) is 11.2 Å². The highest BCUT2D eigenvalue weighted by Gasteiger charge is 2.49. The highest BCUT2D eigenvalue weighted by Crippen LogP contribution is 2.55. The molecule has 2 aliphatic carbocycles. The summed E-state index contributed by atoms with van der Waals surface area (Å²) >= 11 is 0. The molecule has 0 saturated carbocycles. The van der Waals surface area contributed by atoms with Gasteiger partial charge in [-0.15, -0.1) is 0 Å². The maximum absolute atomic E-state index is 15.8. The summed E-state index contributed by atoms with van der Waals surface area (Å²) in [6, 6.07) is 63.8. The smallest absolute Gasteiger partial charge is 0.475 e. The molecule has 15 rings (SSSR count). The molecule has 128 heavy (non-hydrogen) atoms. The molecule has 0 bridgehead atoms. The average Bonchev–Trinajstić information content (AvgIpc) is 1.32. The molecule has 0 spiro atoms. The Balaban J connectivity index is 0.626. The maximum atomic E-state index is 15.8. The van der Waals surface area contributed by atoms with Crippen LogP contribution in [0.4, 0.5) is 21.4 Å². The minimum absolute atomic E-state index is 0.0609. The van der Waals surface area contributed by atoms with Gasteiger partial charge >= 0.3 is 31.7 Å². The number of hydrogen-bond donors (Lipinski definition) is 5. The van der Waals surface area contributed by atoms with E-state index in [0.29, 0.717) is 33.8 Å². The molecule has 660 valence electrons. The monoisotopic (exact) mass is 1760 g/mol. The third kappa shape index (κ3) is 20.6. The first-order chi connectivity index (χ1) is 62.1. The predicted octanol–water partition coefficient (Wildman–Crippen LogP) is 13.1. The Kier molecular flexibility index (Phi) is 28.3. The lowest BCUT2D eigenvalue weighted by atomic mass is 9.80. The molecule has 2 fully saturated rings. The largest absolute Gasteiger partial charge is 0.497 e. The molecule has 1 unspecified atom stereocenters. The normalized spacial score (nSPS) is 17.2. The standard InChI is InChI=1S/C94H93N12O21P/c1-58(107)29-42-85(110)126-76-50-83(105-48-44-80(100-91(105)113)99-81(108)28-17-47-104(3)93(115)120-54-75-72-26-15-11-22-68(72)69-23-12-16-27-73(69)75)125-79(76)56-123-128(116,122-49-46-95-2)127-77-51-84(124-78(77)55-121-94(61-18-7-6-8-19-61,62-34-38-64(117-4)39-35-62)63-36-40-65(118-5)41-37-63)106-57-98-86-87(106)102-90(103-89(86)112)101-82(109)43-45-96-88(111)60-32-30-59(31-33-60)52-97-92(114)119-53-74-70-24-13-9-20-66(70)67-21-10-14-25-71(67)74/h6-16,18-27,30-41,44,48,57,74-79,83-84H,17,28-29,42-43,45-47,49-56H2,1,3-5H3,(H,96,111)(H,97,114)(H,99,100,108,113)(H2,101,102,103,109,112)/t76-,77-,78-,79-,83-,84-,128?/m1/s1. The number of Topliss-reactive ketones (excluding diaryl/α,β-unsaturated/α-hetero) is 1. The molecular formula is C94H93N12O21P. The van der Waals surface area contributed by atoms with Gasteiger partial charge in [-0.2, -0.15) is 9.97 Å². The van der Waals surface area contributed by atoms with Gasteiger partial charge in [-0.3, -0.25) is 57.0 Å². The first-order valence-electron chi connectivity index (χ1n) is 41.7. The maximum Gasteiger partial charge on any atom is 0.475 e. The summed E-state index contributed by atoms with van der Waals surface area (Å²) in [6.07, 6.45) is -7.32. The number of esters is 1. The van der Waals surface area contributed by atoms with Gasteiger partial charge in [0.05, 0.1) is 40.2 Å². The van der Waals surface area contributed by atoms with E-state index in [2.05, 4.69) is 58.2 Å². The lowest BCUT2D eigenvalue weighted by Crippen LogP contribution is -2.38. The number of fused-ring (bicyclic) bond motifs is 7. The molecule has 33 nitrogen and oxygen atoms in total. The zero-order valence-electron chi connectivity index (χ0n) is 70.4. The fourth-order valence-electron chi connectivity index (χ4n) is 16.3. The first kappa shape index (κ1) is 89.0. The van der Waals surface area contributed by atoms with Gasteiger partial charge < -0.3 is 68.4 Å². The number of methoxy groups -OCH3 is 2. The third-order valence-corrected chi connectivity index (χ3v) is 24.2. The zero-order chi connectivity index (χ0) is 89.4. The molecule has 2 saturated heterocycles. The number of aromatic nitrogens is 6. The van der Waals surface area contributed by atoms with Gasteiger partial charge in [0.1, 0.15) is 85.4 Å². The van der Waals surface area contributed by atoms with Crippen molar-refractivity contribution in [1.29, 1.82) is 0 Å². The van der Waals surface area contributed by atoms with Crippen LogP contribution < -0.4 is 42.0 Å². The van der Waals surface area contributed by atoms with E-state index in [1.54, 1.807) is 69.8 Å². The van der Waals surface area contributed by atoms with E-state index in [1.165, 1.54) is 35.0 Å². The Labute approximate surface area is 735 Å². The molecule has 2 aliphatic heterocycles. The number of phosphoric acid groups is 1. The number of imidazole rings is 1. The van der Waals surface area contributed by atoms with Crippen LogP contribution in [-0.2, 0) is 77.9 Å². The van der Waals surface area contributed by atoms with Crippen LogP contribution in [-0.4, -0.2) is 174 Å². The predicted molar refractivity (Wildman–Crippen MR) is 467 cm³/mol. The number of aromatic amines is 1. The zero-order valence-corrected chi connectivity index (χ0v) is 71.3. The van der Waals surface area contributed by atoms with E-state index in [0.717, 1.165) is 49.1 Å². The Morgan fingerprint density at radius 2 is 1.17 bits per heavy atom. The van der Waals surface area contributed by atoms with E-state index in [1.807, 2.05) is 140 Å². The van der Waals surface area contributed by atoms with Crippen LogP contribution in [0.1, 0.15) is 131 Å². The van der Waals surface area contributed by atoms with E-state index in [9.17, 15) is 43.2 Å². The lowest BCUT2D eigenvalue weighted by Gasteiger charge is -2.37. The number of nitrogens with one attached hydrogen (secondary N) is 5. The first-order valence-corrected chi connectivity index (χ1v) is 43.2. The second-order valence-electron chi connectivity index (χ2n) is 30.9. The fraction of sp³-hybridized carbons (Fsp3) is 0.309. The number of hydrogen-bond acceptors (Lipinski definition) is 24. The number of alkyl carbamates (subject to hydrolysis) is 1. The average molecular weight is 1760 g/mol. The summed E-state index contributed by atoms with van der Waals surface area (Å²) in [5.41, 5.74) is 8.19. The van der Waals surface area contributed by atoms with Crippen LogP contribution in [0.3, 0.4) is 0 Å². The van der Waals surface area contributed by atoms with Gasteiger partial charge in [-0.1, -0.05) is 164 Å². The highest BCUT2D eigenvalue weighted by molar-refractivity contribution is 7.48. The molecule has 3 aromatic heterocycles. The minimum atomic E-state index is -5.05. The van der Waals surface area contributed by atoms with Gasteiger partial charge in [-0.05, 0) is 123 Å². The van der Waals surface area contributed by atoms with Gasteiger partial charge in [0.2, 0.25) is 24.3 Å². The van der Waals surface area contributed by atoms with Gasteiger partial charge in [-0.25, -0.2) is 30.5 Å². The summed E-state index contributed by atoms with van der Waals surface area (Å²) in [4.78, 5) is 141. The van der Waals surface area contributed by atoms with Crippen molar-refractivity contribution in [3.05, 3.63) is 301 Å². The molecule has 11 aromatic rings.